The molecule has 1 unspecified atom stereocenters. The number of methoxy groups -OCH3 is 1. The number of carbonyl (C=O) groups excluding carboxylic acids is 1. The number of halogens is 1. The molecule has 1 aliphatic rings. The molecule has 4 heteroatoms. The van der Waals surface area contributed by atoms with Crippen molar-refractivity contribution in [2.75, 3.05) is 13.7 Å². The van der Waals surface area contributed by atoms with E-state index in [1.165, 1.54) is 17.7 Å². The predicted molar refractivity (Wildman–Crippen MR) is 82.3 cm³/mol. The second kappa shape index (κ2) is 5.79. The third-order valence-corrected chi connectivity index (χ3v) is 4.17. The lowest BCUT2D eigenvalue weighted by molar-refractivity contribution is -0.130. The van der Waals surface area contributed by atoms with E-state index < -0.39 is 0 Å². The Kier molecular flexibility index (Phi) is 3.84. The highest BCUT2D eigenvalue weighted by molar-refractivity contribution is 5.75. The summed E-state index contributed by atoms with van der Waals surface area (Å²) < 4.78 is 18.5. The predicted octanol–water partition coefficient (Wildman–Crippen LogP) is 3.33. The van der Waals surface area contributed by atoms with Crippen molar-refractivity contribution in [2.24, 2.45) is 0 Å². The maximum absolute atomic E-state index is 13.2. The quantitative estimate of drug-likeness (QED) is 0.851. The molecule has 0 N–H and O–H groups in total. The Bertz CT molecular complexity index is 697. The number of hydrogen-bond donors (Lipinski definition) is 0. The van der Waals surface area contributed by atoms with Crippen LogP contribution in [0, 0.1) is 5.82 Å². The summed E-state index contributed by atoms with van der Waals surface area (Å²) in [4.78, 5) is 13.8. The fourth-order valence-electron chi connectivity index (χ4n) is 3.07. The third kappa shape index (κ3) is 2.56. The van der Waals surface area contributed by atoms with Gasteiger partial charge in [0.1, 0.15) is 11.6 Å². The molecule has 2 aromatic carbocycles. The largest absolute Gasteiger partial charge is 0.497 e. The van der Waals surface area contributed by atoms with Crippen LogP contribution in [0.2, 0.25) is 0 Å². The molecule has 3 rings (SSSR count). The number of amides is 1. The van der Waals surface area contributed by atoms with Crippen molar-refractivity contribution in [3.8, 4) is 5.75 Å². The first-order valence-corrected chi connectivity index (χ1v) is 7.29. The van der Waals surface area contributed by atoms with Gasteiger partial charge >= 0.3 is 0 Å². The molecule has 2 aromatic rings. The van der Waals surface area contributed by atoms with Crippen molar-refractivity contribution in [1.29, 1.82) is 0 Å². The summed E-state index contributed by atoms with van der Waals surface area (Å²) in [7, 11) is 1.64. The second-order valence-electron chi connectivity index (χ2n) is 5.48. The summed E-state index contributed by atoms with van der Waals surface area (Å²) in [5.41, 5.74) is 3.17. The van der Waals surface area contributed by atoms with Gasteiger partial charge < -0.3 is 9.64 Å². The van der Waals surface area contributed by atoms with Crippen LogP contribution in [0.25, 0.3) is 0 Å². The number of benzene rings is 2. The van der Waals surface area contributed by atoms with Gasteiger partial charge in [0.2, 0.25) is 5.91 Å². The Morgan fingerprint density at radius 1 is 1.23 bits per heavy atom. The van der Waals surface area contributed by atoms with E-state index in [2.05, 4.69) is 0 Å². The number of carbonyl (C=O) groups is 1. The van der Waals surface area contributed by atoms with Crippen molar-refractivity contribution >= 4 is 5.91 Å². The molecule has 0 saturated heterocycles. The molecule has 114 valence electrons. The summed E-state index contributed by atoms with van der Waals surface area (Å²) in [6, 6.07) is 12.1. The highest BCUT2D eigenvalue weighted by Crippen LogP contribution is 2.36. The van der Waals surface area contributed by atoms with Crippen molar-refractivity contribution in [2.45, 2.75) is 19.4 Å². The van der Waals surface area contributed by atoms with E-state index in [4.69, 9.17) is 4.74 Å². The van der Waals surface area contributed by atoms with E-state index >= 15 is 0 Å². The Labute approximate surface area is 129 Å². The number of fused-ring (bicyclic) bond motifs is 1. The maximum atomic E-state index is 13.2. The first-order valence-electron chi connectivity index (χ1n) is 7.29. The van der Waals surface area contributed by atoms with Gasteiger partial charge in [0.15, 0.2) is 0 Å². The minimum Gasteiger partial charge on any atom is -0.497 e. The van der Waals surface area contributed by atoms with Gasteiger partial charge in [-0.1, -0.05) is 18.2 Å². The van der Waals surface area contributed by atoms with Crippen LogP contribution in [0.15, 0.2) is 42.5 Å². The van der Waals surface area contributed by atoms with Crippen molar-refractivity contribution in [1.82, 2.24) is 4.90 Å². The van der Waals surface area contributed by atoms with Crippen LogP contribution in [0.4, 0.5) is 4.39 Å². The molecule has 0 aromatic heterocycles. The van der Waals surface area contributed by atoms with Gasteiger partial charge in [-0.3, -0.25) is 4.79 Å². The average Bonchev–Trinajstić information content (AvgIpc) is 2.54. The van der Waals surface area contributed by atoms with Crippen LogP contribution in [0.3, 0.4) is 0 Å². The second-order valence-corrected chi connectivity index (χ2v) is 5.48. The van der Waals surface area contributed by atoms with Crippen LogP contribution in [-0.2, 0) is 11.2 Å². The molecule has 0 radical (unpaired) electrons. The fraction of sp³-hybridized carbons (Fsp3) is 0.278. The van der Waals surface area contributed by atoms with Crippen molar-refractivity contribution in [3.05, 3.63) is 65.0 Å². The minimum atomic E-state index is -0.274. The monoisotopic (exact) mass is 299 g/mol. The number of ether oxygens (including phenoxy) is 1. The molecule has 0 saturated carbocycles. The Morgan fingerprint density at radius 2 is 1.95 bits per heavy atom. The van der Waals surface area contributed by atoms with E-state index in [1.54, 1.807) is 26.2 Å². The van der Waals surface area contributed by atoms with Crippen LogP contribution < -0.4 is 4.74 Å². The molecule has 1 aliphatic heterocycles. The van der Waals surface area contributed by atoms with Gasteiger partial charge in [-0.2, -0.15) is 0 Å². The Hall–Kier alpha value is -2.36. The molecule has 0 aliphatic carbocycles. The average molecular weight is 299 g/mol. The van der Waals surface area contributed by atoms with Crippen LogP contribution in [0.5, 0.6) is 5.75 Å². The van der Waals surface area contributed by atoms with Crippen LogP contribution >= 0.6 is 0 Å². The number of rotatable bonds is 2. The molecule has 0 bridgehead atoms. The summed E-state index contributed by atoms with van der Waals surface area (Å²) in [5, 5.41) is 0. The van der Waals surface area contributed by atoms with Crippen LogP contribution in [0.1, 0.15) is 29.7 Å². The Balaban J connectivity index is 2.10. The standard InChI is InChI=1S/C18H18FNO2/c1-12(21)20-10-9-14-11-16(22-2)7-8-17(14)18(20)13-3-5-15(19)6-4-13/h3-8,11,18H,9-10H2,1-2H3. The van der Waals surface area contributed by atoms with Gasteiger partial charge in [0.05, 0.1) is 13.2 Å². The molecular weight excluding hydrogens is 281 g/mol. The van der Waals surface area contributed by atoms with Gasteiger partial charge in [-0.05, 0) is 47.4 Å². The molecule has 1 atom stereocenters. The summed E-state index contributed by atoms with van der Waals surface area (Å²) in [5.74, 6) is 0.563. The van der Waals surface area contributed by atoms with E-state index in [1.807, 2.05) is 23.1 Å². The zero-order valence-electron chi connectivity index (χ0n) is 12.7. The molecule has 22 heavy (non-hydrogen) atoms. The van der Waals surface area contributed by atoms with E-state index in [0.29, 0.717) is 6.54 Å². The number of hydrogen-bond acceptors (Lipinski definition) is 2. The van der Waals surface area contributed by atoms with Gasteiger partial charge in [0, 0.05) is 13.5 Å². The third-order valence-electron chi connectivity index (χ3n) is 4.17. The molecule has 1 heterocycles. The van der Waals surface area contributed by atoms with Crippen LogP contribution in [-0.4, -0.2) is 24.5 Å². The lowest BCUT2D eigenvalue weighted by Crippen LogP contribution is -2.39. The van der Waals surface area contributed by atoms with Gasteiger partial charge in [-0.25, -0.2) is 4.39 Å². The van der Waals surface area contributed by atoms with E-state index in [0.717, 1.165) is 23.3 Å². The summed E-state index contributed by atoms with van der Waals surface area (Å²) in [6.45, 7) is 2.22. The fourth-order valence-corrected chi connectivity index (χ4v) is 3.07. The smallest absolute Gasteiger partial charge is 0.220 e. The van der Waals surface area contributed by atoms with E-state index in [-0.39, 0.29) is 17.8 Å². The molecule has 0 fully saturated rings. The number of nitrogens with zero attached hydrogens (tertiary/aromatic N) is 1. The normalized spacial score (nSPS) is 17.0. The topological polar surface area (TPSA) is 29.5 Å². The lowest BCUT2D eigenvalue weighted by atomic mass is 9.88. The Morgan fingerprint density at radius 3 is 2.59 bits per heavy atom. The highest BCUT2D eigenvalue weighted by Gasteiger charge is 2.30. The maximum Gasteiger partial charge on any atom is 0.220 e. The highest BCUT2D eigenvalue weighted by atomic mass is 19.1. The zero-order valence-corrected chi connectivity index (χ0v) is 12.7. The first-order chi connectivity index (χ1) is 10.6. The van der Waals surface area contributed by atoms with Crippen molar-refractivity contribution in [3.63, 3.8) is 0 Å². The lowest BCUT2D eigenvalue weighted by Gasteiger charge is -2.37. The van der Waals surface area contributed by atoms with E-state index in [9.17, 15) is 9.18 Å². The minimum absolute atomic E-state index is 0.0239. The molecular formula is C18H18FNO2. The van der Waals surface area contributed by atoms with Crippen molar-refractivity contribution < 1.29 is 13.9 Å². The summed E-state index contributed by atoms with van der Waals surface area (Å²) in [6.07, 6.45) is 0.795. The van der Waals surface area contributed by atoms with Gasteiger partial charge in [-0.15, -0.1) is 0 Å². The molecule has 1 amide bonds. The van der Waals surface area contributed by atoms with Gasteiger partial charge in [0.25, 0.3) is 0 Å². The SMILES string of the molecule is COc1ccc2c(c1)CCN(C(C)=O)C2c1ccc(F)cc1. The zero-order chi connectivity index (χ0) is 15.7. The molecule has 0 spiro atoms. The summed E-state index contributed by atoms with van der Waals surface area (Å²) >= 11 is 0. The molecule has 3 nitrogen and oxygen atoms in total. The first kappa shape index (κ1) is 14.6.